The van der Waals surface area contributed by atoms with Crippen LogP contribution in [0.4, 0.5) is 5.69 Å². The number of anilines is 1. The number of fused-ring (bicyclic) bond motifs is 1. The summed E-state index contributed by atoms with van der Waals surface area (Å²) in [5, 5.41) is 2.83. The highest BCUT2D eigenvalue weighted by atomic mass is 16.5. The highest BCUT2D eigenvalue weighted by Crippen LogP contribution is 2.25. The average Bonchev–Trinajstić information content (AvgIpc) is 3.35. The SMILES string of the molecule is Cn1c(=O)c2c(ncn2CC(=O)Nc2cccc(OC3CCCC3)c2)n(C)c1=O. The molecule has 1 fully saturated rings. The van der Waals surface area contributed by atoms with E-state index >= 15 is 0 Å². The molecule has 1 aliphatic carbocycles. The number of nitrogens with one attached hydrogen (secondary N) is 1. The summed E-state index contributed by atoms with van der Waals surface area (Å²) in [6.07, 6.45) is 6.12. The Morgan fingerprint density at radius 1 is 1.21 bits per heavy atom. The van der Waals surface area contributed by atoms with E-state index in [4.69, 9.17) is 4.74 Å². The van der Waals surface area contributed by atoms with Gasteiger partial charge in [0.1, 0.15) is 12.3 Å². The molecule has 152 valence electrons. The molecule has 0 radical (unpaired) electrons. The Morgan fingerprint density at radius 3 is 2.72 bits per heavy atom. The zero-order valence-corrected chi connectivity index (χ0v) is 16.4. The van der Waals surface area contributed by atoms with Crippen LogP contribution >= 0.6 is 0 Å². The molecular weight excluding hydrogens is 374 g/mol. The molecule has 2 heterocycles. The van der Waals surface area contributed by atoms with Gasteiger partial charge in [-0.3, -0.25) is 18.7 Å². The second-order valence-electron chi connectivity index (χ2n) is 7.35. The van der Waals surface area contributed by atoms with Gasteiger partial charge in [-0.25, -0.2) is 9.78 Å². The van der Waals surface area contributed by atoms with Gasteiger partial charge >= 0.3 is 5.69 Å². The molecule has 1 aliphatic rings. The van der Waals surface area contributed by atoms with E-state index in [9.17, 15) is 14.4 Å². The van der Waals surface area contributed by atoms with E-state index in [2.05, 4.69) is 10.3 Å². The summed E-state index contributed by atoms with van der Waals surface area (Å²) in [4.78, 5) is 41.2. The number of imidazole rings is 1. The summed E-state index contributed by atoms with van der Waals surface area (Å²) >= 11 is 0. The molecule has 9 nitrogen and oxygen atoms in total. The fourth-order valence-corrected chi connectivity index (χ4v) is 3.72. The smallest absolute Gasteiger partial charge is 0.332 e. The van der Waals surface area contributed by atoms with Crippen LogP contribution in [0.1, 0.15) is 25.7 Å². The normalized spacial score (nSPS) is 14.4. The summed E-state index contributed by atoms with van der Waals surface area (Å²) in [6.45, 7) is -0.0996. The van der Waals surface area contributed by atoms with Crippen molar-refractivity contribution in [3.05, 3.63) is 51.4 Å². The second kappa shape index (κ2) is 7.57. The summed E-state index contributed by atoms with van der Waals surface area (Å²) in [6, 6.07) is 7.29. The molecule has 0 spiro atoms. The largest absolute Gasteiger partial charge is 0.490 e. The first-order valence-corrected chi connectivity index (χ1v) is 9.61. The quantitative estimate of drug-likeness (QED) is 0.701. The maximum absolute atomic E-state index is 12.5. The first kappa shape index (κ1) is 19.0. The van der Waals surface area contributed by atoms with Gasteiger partial charge in [-0.1, -0.05) is 6.07 Å². The fourth-order valence-electron chi connectivity index (χ4n) is 3.72. The van der Waals surface area contributed by atoms with Gasteiger partial charge in [0.05, 0.1) is 12.4 Å². The van der Waals surface area contributed by atoms with E-state index in [0.717, 1.165) is 23.2 Å². The van der Waals surface area contributed by atoms with Crippen LogP contribution in [0.2, 0.25) is 0 Å². The van der Waals surface area contributed by atoms with E-state index in [1.165, 1.54) is 42.4 Å². The van der Waals surface area contributed by atoms with E-state index in [0.29, 0.717) is 5.69 Å². The molecule has 1 N–H and O–H groups in total. The van der Waals surface area contributed by atoms with Gasteiger partial charge in [0.2, 0.25) is 5.91 Å². The van der Waals surface area contributed by atoms with Gasteiger partial charge in [0.15, 0.2) is 11.2 Å². The number of hydrogen-bond donors (Lipinski definition) is 1. The standard InChI is InChI=1S/C20H23N5O4/c1-23-18-17(19(27)24(2)20(23)28)25(12-21-18)11-16(26)22-13-6-5-9-15(10-13)29-14-7-3-4-8-14/h5-6,9-10,12,14H,3-4,7-8,11H2,1-2H3,(H,22,26). The zero-order chi connectivity index (χ0) is 20.5. The molecule has 1 amide bonds. The minimum absolute atomic E-state index is 0.0996. The van der Waals surface area contributed by atoms with Crippen LogP contribution < -0.4 is 21.3 Å². The third-order valence-corrected chi connectivity index (χ3v) is 5.25. The van der Waals surface area contributed by atoms with Crippen molar-refractivity contribution in [2.75, 3.05) is 5.32 Å². The maximum Gasteiger partial charge on any atom is 0.332 e. The molecule has 0 atom stereocenters. The number of carbonyl (C=O) groups is 1. The Hall–Kier alpha value is -3.36. The molecule has 2 aromatic heterocycles. The van der Waals surface area contributed by atoms with Crippen molar-refractivity contribution in [3.63, 3.8) is 0 Å². The highest BCUT2D eigenvalue weighted by molar-refractivity contribution is 5.91. The highest BCUT2D eigenvalue weighted by Gasteiger charge is 2.18. The Morgan fingerprint density at radius 2 is 1.97 bits per heavy atom. The van der Waals surface area contributed by atoms with Gasteiger partial charge in [-0.15, -0.1) is 0 Å². The summed E-state index contributed by atoms with van der Waals surface area (Å²) in [5.74, 6) is 0.421. The van der Waals surface area contributed by atoms with Crippen molar-refractivity contribution in [1.29, 1.82) is 0 Å². The predicted octanol–water partition coefficient (Wildman–Crippen LogP) is 1.39. The first-order valence-electron chi connectivity index (χ1n) is 9.61. The average molecular weight is 397 g/mol. The predicted molar refractivity (Wildman–Crippen MR) is 108 cm³/mol. The molecule has 1 aromatic carbocycles. The molecule has 9 heteroatoms. The Labute approximate surface area is 166 Å². The maximum atomic E-state index is 12.5. The van der Waals surface area contributed by atoms with Crippen molar-refractivity contribution in [2.24, 2.45) is 14.1 Å². The van der Waals surface area contributed by atoms with E-state index in [-0.39, 0.29) is 29.7 Å². The number of amides is 1. The van der Waals surface area contributed by atoms with Crippen LogP contribution in [0.15, 0.2) is 40.2 Å². The monoisotopic (exact) mass is 397 g/mol. The van der Waals surface area contributed by atoms with Gasteiger partial charge in [0.25, 0.3) is 5.56 Å². The molecule has 0 saturated heterocycles. The second-order valence-corrected chi connectivity index (χ2v) is 7.35. The Bertz CT molecular complexity index is 1180. The lowest BCUT2D eigenvalue weighted by Gasteiger charge is -2.14. The zero-order valence-electron chi connectivity index (χ0n) is 16.4. The van der Waals surface area contributed by atoms with Crippen LogP contribution in [-0.4, -0.2) is 30.7 Å². The van der Waals surface area contributed by atoms with Crippen molar-refractivity contribution in [3.8, 4) is 5.75 Å². The molecular formula is C20H23N5O4. The lowest BCUT2D eigenvalue weighted by atomic mass is 10.2. The Balaban J connectivity index is 1.52. The fraction of sp³-hybridized carbons (Fsp3) is 0.400. The summed E-state index contributed by atoms with van der Waals surface area (Å²) < 4.78 is 9.71. The number of carbonyl (C=O) groups excluding carboxylic acids is 1. The minimum atomic E-state index is -0.486. The van der Waals surface area contributed by atoms with Crippen molar-refractivity contribution in [2.45, 2.75) is 38.3 Å². The number of aryl methyl sites for hydroxylation is 1. The molecule has 3 aromatic rings. The molecule has 0 bridgehead atoms. The molecule has 29 heavy (non-hydrogen) atoms. The van der Waals surface area contributed by atoms with Crippen LogP contribution in [-0.2, 0) is 25.4 Å². The lowest BCUT2D eigenvalue weighted by Crippen LogP contribution is -2.37. The van der Waals surface area contributed by atoms with E-state index < -0.39 is 11.2 Å². The number of rotatable bonds is 5. The number of benzene rings is 1. The van der Waals surface area contributed by atoms with Crippen molar-refractivity contribution in [1.82, 2.24) is 18.7 Å². The van der Waals surface area contributed by atoms with Gasteiger partial charge in [-0.2, -0.15) is 0 Å². The van der Waals surface area contributed by atoms with Crippen LogP contribution in [0.25, 0.3) is 11.2 Å². The van der Waals surface area contributed by atoms with Gasteiger partial charge in [-0.05, 0) is 37.8 Å². The van der Waals surface area contributed by atoms with Gasteiger partial charge < -0.3 is 14.6 Å². The topological polar surface area (TPSA) is 100 Å². The minimum Gasteiger partial charge on any atom is -0.490 e. The lowest BCUT2D eigenvalue weighted by molar-refractivity contribution is -0.116. The summed E-state index contributed by atoms with van der Waals surface area (Å²) in [5.41, 5.74) is 0.132. The molecule has 4 rings (SSSR count). The number of nitrogens with zero attached hydrogens (tertiary/aromatic N) is 4. The van der Waals surface area contributed by atoms with Crippen LogP contribution in [0.3, 0.4) is 0 Å². The van der Waals surface area contributed by atoms with Crippen LogP contribution in [0, 0.1) is 0 Å². The van der Waals surface area contributed by atoms with E-state index in [1.54, 1.807) is 12.1 Å². The van der Waals surface area contributed by atoms with Crippen molar-refractivity contribution < 1.29 is 9.53 Å². The third kappa shape index (κ3) is 3.67. The van der Waals surface area contributed by atoms with E-state index in [1.807, 2.05) is 12.1 Å². The summed E-state index contributed by atoms with van der Waals surface area (Å²) in [7, 11) is 2.94. The first-order chi connectivity index (χ1) is 13.9. The van der Waals surface area contributed by atoms with Crippen molar-refractivity contribution >= 4 is 22.8 Å². The Kier molecular flexibility index (Phi) is 4.96. The number of hydrogen-bond acceptors (Lipinski definition) is 5. The van der Waals surface area contributed by atoms with Gasteiger partial charge in [0, 0.05) is 25.8 Å². The number of aromatic nitrogens is 4. The molecule has 0 unspecified atom stereocenters. The number of ether oxygens (including phenoxy) is 1. The molecule has 1 saturated carbocycles. The van der Waals surface area contributed by atoms with Crippen LogP contribution in [0.5, 0.6) is 5.75 Å². The third-order valence-electron chi connectivity index (χ3n) is 5.25. The molecule has 0 aliphatic heterocycles.